The Morgan fingerprint density at radius 3 is 2.72 bits per heavy atom. The first kappa shape index (κ1) is 16.9. The van der Waals surface area contributed by atoms with Gasteiger partial charge in [0.2, 0.25) is 0 Å². The summed E-state index contributed by atoms with van der Waals surface area (Å²) >= 11 is 0. The van der Waals surface area contributed by atoms with Gasteiger partial charge in [-0.15, -0.1) is 0 Å². The summed E-state index contributed by atoms with van der Waals surface area (Å²) in [7, 11) is 0. The fourth-order valence-electron chi connectivity index (χ4n) is 2.33. The van der Waals surface area contributed by atoms with E-state index in [1.165, 1.54) is 6.20 Å². The number of rotatable bonds is 7. The molecule has 0 bridgehead atoms. The lowest BCUT2D eigenvalue weighted by Gasteiger charge is -2.09. The number of benzene rings is 2. The Labute approximate surface area is 144 Å². The van der Waals surface area contributed by atoms with Crippen molar-refractivity contribution >= 4 is 16.9 Å². The predicted molar refractivity (Wildman–Crippen MR) is 89.9 cm³/mol. The number of alkyl halides is 1. The lowest BCUT2D eigenvalue weighted by molar-refractivity contribution is -0.0284. The van der Waals surface area contributed by atoms with Gasteiger partial charge in [0, 0.05) is 5.39 Å². The summed E-state index contributed by atoms with van der Waals surface area (Å²) in [5, 5.41) is 0.596. The molecule has 0 saturated heterocycles. The summed E-state index contributed by atoms with van der Waals surface area (Å²) in [5.74, 6) is -0.0716. The molecule has 25 heavy (non-hydrogen) atoms. The average molecular weight is 341 g/mol. The molecule has 6 heteroatoms. The van der Waals surface area contributed by atoms with Crippen LogP contribution in [0.25, 0.3) is 10.9 Å². The minimum atomic E-state index is -0.932. The van der Waals surface area contributed by atoms with Crippen molar-refractivity contribution in [1.29, 1.82) is 0 Å². The summed E-state index contributed by atoms with van der Waals surface area (Å²) < 4.78 is 27.1. The number of carbonyl (C=O) groups is 1. The Balaban J connectivity index is 1.79. The quantitative estimate of drug-likeness (QED) is 0.371. The van der Waals surface area contributed by atoms with E-state index in [4.69, 9.17) is 9.47 Å². The van der Waals surface area contributed by atoms with Crippen LogP contribution in [0.5, 0.6) is 5.75 Å². The highest BCUT2D eigenvalue weighted by Gasteiger charge is 2.13. The van der Waals surface area contributed by atoms with Crippen LogP contribution in [-0.2, 0) is 16.1 Å². The van der Waals surface area contributed by atoms with E-state index in [0.717, 1.165) is 5.56 Å². The number of hydrogen-bond donors (Lipinski definition) is 0. The van der Waals surface area contributed by atoms with Crippen LogP contribution in [0, 0.1) is 0 Å². The van der Waals surface area contributed by atoms with Crippen LogP contribution < -0.4 is 4.74 Å². The molecule has 0 fully saturated rings. The Bertz CT molecular complexity index is 854. The van der Waals surface area contributed by atoms with Crippen molar-refractivity contribution in [3.63, 3.8) is 0 Å². The highest BCUT2D eigenvalue weighted by molar-refractivity contribution is 6.03. The molecule has 0 spiro atoms. The largest absolute Gasteiger partial charge is 0.466 e. The average Bonchev–Trinajstić information content (AvgIpc) is 2.66. The van der Waals surface area contributed by atoms with Gasteiger partial charge in [0.1, 0.15) is 12.4 Å². The molecule has 0 N–H and O–H groups in total. The number of pyridine rings is 1. The second-order valence-electron chi connectivity index (χ2n) is 5.18. The molecular formula is C19H16FNO4. The van der Waals surface area contributed by atoms with Crippen molar-refractivity contribution in [2.45, 2.75) is 6.61 Å². The normalized spacial score (nSPS) is 10.6. The molecule has 1 heterocycles. The molecule has 0 atom stereocenters. The van der Waals surface area contributed by atoms with Gasteiger partial charge in [-0.2, -0.15) is 0 Å². The fraction of sp³-hybridized carbons (Fsp3) is 0.158. The van der Waals surface area contributed by atoms with Crippen LogP contribution in [0.2, 0.25) is 0 Å². The van der Waals surface area contributed by atoms with Crippen molar-refractivity contribution in [1.82, 2.24) is 4.98 Å². The summed E-state index contributed by atoms with van der Waals surface area (Å²) in [6.45, 7) is -0.980. The maximum absolute atomic E-state index is 12.4. The molecular weight excluding hydrogens is 325 g/mol. The molecule has 3 aromatic rings. The monoisotopic (exact) mass is 341 g/mol. The zero-order valence-electron chi connectivity index (χ0n) is 13.4. The third-order valence-corrected chi connectivity index (χ3v) is 3.52. The third kappa shape index (κ3) is 4.30. The highest BCUT2D eigenvalue weighted by atomic mass is 19.1. The molecule has 128 valence electrons. The molecule has 2 aromatic carbocycles. The van der Waals surface area contributed by atoms with Crippen molar-refractivity contribution in [3.05, 3.63) is 71.9 Å². The van der Waals surface area contributed by atoms with E-state index in [0.29, 0.717) is 22.2 Å². The van der Waals surface area contributed by atoms with E-state index in [9.17, 15) is 9.18 Å². The minimum absolute atomic E-state index is 0.185. The van der Waals surface area contributed by atoms with Gasteiger partial charge in [-0.05, 0) is 23.8 Å². The summed E-state index contributed by atoms with van der Waals surface area (Å²) in [4.78, 5) is 16.7. The van der Waals surface area contributed by atoms with Gasteiger partial charge in [-0.1, -0.05) is 36.4 Å². The van der Waals surface area contributed by atoms with Gasteiger partial charge in [-0.3, -0.25) is 4.98 Å². The van der Waals surface area contributed by atoms with Gasteiger partial charge < -0.3 is 14.2 Å². The number of halogens is 1. The Kier molecular flexibility index (Phi) is 5.53. The molecule has 5 nitrogen and oxygen atoms in total. The second kappa shape index (κ2) is 8.21. The van der Waals surface area contributed by atoms with E-state index in [-0.39, 0.29) is 13.4 Å². The molecule has 0 aliphatic heterocycles. The van der Waals surface area contributed by atoms with E-state index in [1.807, 2.05) is 30.3 Å². The number of esters is 1. The fourth-order valence-corrected chi connectivity index (χ4v) is 2.33. The standard InChI is InChI=1S/C19H16FNO4/c20-12-23-13-25-15-9-17-16(7-4-8-18(17)21-10-15)19(22)24-11-14-5-2-1-3-6-14/h1-10H,11-13H2. The first-order valence-corrected chi connectivity index (χ1v) is 7.64. The summed E-state index contributed by atoms with van der Waals surface area (Å²) in [6, 6.07) is 16.3. The van der Waals surface area contributed by atoms with Crippen LogP contribution in [0.15, 0.2) is 60.8 Å². The number of aromatic nitrogens is 1. The van der Waals surface area contributed by atoms with E-state index < -0.39 is 12.8 Å². The Hall–Kier alpha value is -2.99. The van der Waals surface area contributed by atoms with E-state index in [1.54, 1.807) is 24.3 Å². The summed E-state index contributed by atoms with van der Waals surface area (Å²) in [6.07, 6.45) is 1.49. The molecule has 0 unspecified atom stereocenters. The van der Waals surface area contributed by atoms with Gasteiger partial charge in [-0.25, -0.2) is 9.18 Å². The first-order valence-electron chi connectivity index (χ1n) is 7.64. The molecule has 0 amide bonds. The zero-order chi connectivity index (χ0) is 17.5. The number of ether oxygens (including phenoxy) is 3. The first-order chi connectivity index (χ1) is 12.3. The van der Waals surface area contributed by atoms with Crippen LogP contribution in [-0.4, -0.2) is 24.6 Å². The van der Waals surface area contributed by atoms with Gasteiger partial charge in [0.15, 0.2) is 13.7 Å². The van der Waals surface area contributed by atoms with Crippen LogP contribution >= 0.6 is 0 Å². The highest BCUT2D eigenvalue weighted by Crippen LogP contribution is 2.23. The van der Waals surface area contributed by atoms with Gasteiger partial charge in [0.25, 0.3) is 0 Å². The van der Waals surface area contributed by atoms with Crippen molar-refractivity contribution < 1.29 is 23.4 Å². The second-order valence-corrected chi connectivity index (χ2v) is 5.18. The molecule has 1 aromatic heterocycles. The lowest BCUT2D eigenvalue weighted by atomic mass is 10.1. The number of hydrogen-bond acceptors (Lipinski definition) is 5. The minimum Gasteiger partial charge on any atom is -0.466 e. The van der Waals surface area contributed by atoms with Crippen LogP contribution in [0.1, 0.15) is 15.9 Å². The number of carbonyl (C=O) groups excluding carboxylic acids is 1. The lowest BCUT2D eigenvalue weighted by Crippen LogP contribution is -2.07. The van der Waals surface area contributed by atoms with Crippen molar-refractivity contribution in [2.75, 3.05) is 13.7 Å². The number of nitrogens with zero attached hydrogens (tertiary/aromatic N) is 1. The smallest absolute Gasteiger partial charge is 0.339 e. The van der Waals surface area contributed by atoms with Crippen LogP contribution in [0.4, 0.5) is 4.39 Å². The maximum atomic E-state index is 12.4. The molecule has 0 aliphatic rings. The zero-order valence-corrected chi connectivity index (χ0v) is 13.4. The predicted octanol–water partition coefficient (Wildman–Crippen LogP) is 3.87. The van der Waals surface area contributed by atoms with Crippen LogP contribution in [0.3, 0.4) is 0 Å². The van der Waals surface area contributed by atoms with Gasteiger partial charge >= 0.3 is 5.97 Å². The third-order valence-electron chi connectivity index (χ3n) is 3.52. The van der Waals surface area contributed by atoms with Crippen molar-refractivity contribution in [2.24, 2.45) is 0 Å². The SMILES string of the molecule is O=C(OCc1ccccc1)c1cccc2ncc(OCOCF)cc12. The molecule has 0 aliphatic carbocycles. The number of fused-ring (bicyclic) bond motifs is 1. The maximum Gasteiger partial charge on any atom is 0.339 e. The van der Waals surface area contributed by atoms with E-state index in [2.05, 4.69) is 9.72 Å². The Morgan fingerprint density at radius 2 is 1.92 bits per heavy atom. The Morgan fingerprint density at radius 1 is 1.08 bits per heavy atom. The molecule has 3 rings (SSSR count). The van der Waals surface area contributed by atoms with Gasteiger partial charge in [0.05, 0.1) is 17.3 Å². The molecule has 0 saturated carbocycles. The topological polar surface area (TPSA) is 57.7 Å². The van der Waals surface area contributed by atoms with E-state index >= 15 is 0 Å². The van der Waals surface area contributed by atoms with Crippen molar-refractivity contribution in [3.8, 4) is 5.75 Å². The molecule has 0 radical (unpaired) electrons. The summed E-state index contributed by atoms with van der Waals surface area (Å²) in [5.41, 5.74) is 1.92.